The molecule has 2 heteroatoms. The van der Waals surface area contributed by atoms with Gasteiger partial charge in [-0.3, -0.25) is 0 Å². The Balaban J connectivity index is 2.86. The Morgan fingerprint density at radius 2 is 2.20 bits per heavy atom. The van der Waals surface area contributed by atoms with Crippen molar-refractivity contribution >= 4 is 28.1 Å². The number of alkyl halides is 1. The molecule has 0 fully saturated rings. The summed E-state index contributed by atoms with van der Waals surface area (Å²) in [6.45, 7) is 5.42. The van der Waals surface area contributed by atoms with Crippen LogP contribution in [0.15, 0.2) is 12.3 Å². The highest BCUT2D eigenvalue weighted by molar-refractivity contribution is 9.09. The van der Waals surface area contributed by atoms with Crippen LogP contribution >= 0.6 is 15.9 Å². The number of unbranched alkanes of at least 4 members (excludes halogenated alkanes) is 1. The van der Waals surface area contributed by atoms with E-state index in [1.54, 1.807) is 0 Å². The van der Waals surface area contributed by atoms with Crippen molar-refractivity contribution in [2.24, 2.45) is 0 Å². The number of halogens is 1. The highest BCUT2D eigenvalue weighted by Crippen LogP contribution is 1.95. The zero-order valence-electron chi connectivity index (χ0n) is 9.67. The van der Waals surface area contributed by atoms with Crippen molar-refractivity contribution in [2.75, 3.05) is 5.33 Å². The van der Waals surface area contributed by atoms with Crippen molar-refractivity contribution in [1.29, 1.82) is 0 Å². The summed E-state index contributed by atoms with van der Waals surface area (Å²) >= 11 is 3.47. The minimum absolute atomic E-state index is 1.10. The summed E-state index contributed by atoms with van der Waals surface area (Å²) in [7, 11) is 0. The van der Waals surface area contributed by atoms with Crippen LogP contribution in [0.2, 0.25) is 0 Å². The molecule has 0 aliphatic rings. The lowest BCUT2D eigenvalue weighted by molar-refractivity contribution is 0.625. The van der Waals surface area contributed by atoms with E-state index in [9.17, 15) is 0 Å². The number of hydrogen-bond donors (Lipinski definition) is 0. The van der Waals surface area contributed by atoms with E-state index in [2.05, 4.69) is 58.8 Å². The Bertz CT molecular complexity index is 389. The molecule has 1 aromatic heterocycles. The van der Waals surface area contributed by atoms with Crippen LogP contribution in [0.3, 0.4) is 0 Å². The van der Waals surface area contributed by atoms with Gasteiger partial charge in [0.1, 0.15) is 0 Å². The molecule has 0 atom stereocenters. The minimum atomic E-state index is 1.10. The molecule has 84 valence electrons. The average Bonchev–Trinajstić information content (AvgIpc) is 2.62. The molecular formula is C13H20BrN. The fraction of sp³-hybridized carbons (Fsp3) is 0.538. The number of aryl methyl sites for hydroxylation is 1. The van der Waals surface area contributed by atoms with E-state index in [4.69, 9.17) is 0 Å². The van der Waals surface area contributed by atoms with Gasteiger partial charge in [-0.25, -0.2) is 0 Å². The van der Waals surface area contributed by atoms with Crippen LogP contribution in [0.25, 0.3) is 12.2 Å². The third-order valence-electron chi connectivity index (χ3n) is 2.52. The Labute approximate surface area is 101 Å². The van der Waals surface area contributed by atoms with Crippen LogP contribution in [-0.2, 0) is 6.54 Å². The largest absolute Gasteiger partial charge is 0.348 e. The Kier molecular flexibility index (Phi) is 5.77. The van der Waals surface area contributed by atoms with Crippen LogP contribution in [0.1, 0.15) is 33.1 Å². The number of aromatic nitrogens is 1. The smallest absolute Gasteiger partial charge is 0.0433 e. The van der Waals surface area contributed by atoms with Gasteiger partial charge in [-0.2, -0.15) is 0 Å². The maximum Gasteiger partial charge on any atom is 0.0433 e. The van der Waals surface area contributed by atoms with Crippen LogP contribution in [0.5, 0.6) is 0 Å². The van der Waals surface area contributed by atoms with Gasteiger partial charge in [-0.1, -0.05) is 35.0 Å². The van der Waals surface area contributed by atoms with Gasteiger partial charge in [0, 0.05) is 23.4 Å². The summed E-state index contributed by atoms with van der Waals surface area (Å²) < 4.78 is 2.35. The Hall–Kier alpha value is -0.500. The van der Waals surface area contributed by atoms with Gasteiger partial charge in [0.25, 0.3) is 0 Å². The molecule has 0 aliphatic heterocycles. The van der Waals surface area contributed by atoms with E-state index in [0.29, 0.717) is 0 Å². The van der Waals surface area contributed by atoms with Crippen molar-refractivity contribution in [3.63, 3.8) is 0 Å². The predicted molar refractivity (Wildman–Crippen MR) is 71.6 cm³/mol. The first-order valence-electron chi connectivity index (χ1n) is 5.71. The SMILES string of the molecule is C/C=c1\c(=C/CC)ccn1CCCCBr. The van der Waals surface area contributed by atoms with Crippen molar-refractivity contribution in [3.05, 3.63) is 22.8 Å². The summed E-state index contributed by atoms with van der Waals surface area (Å²) in [6, 6.07) is 2.22. The standard InChI is InChI=1S/C13H20BrN/c1-3-7-12-8-11-15(13(12)4-2)10-6-5-9-14/h4,7-8,11H,3,5-6,9-10H2,1-2H3/b12-7-,13-4+. The van der Waals surface area contributed by atoms with Crippen molar-refractivity contribution < 1.29 is 0 Å². The fourth-order valence-electron chi connectivity index (χ4n) is 1.80. The lowest BCUT2D eigenvalue weighted by Crippen LogP contribution is -2.28. The molecule has 0 saturated heterocycles. The molecule has 0 aliphatic carbocycles. The second-order valence-electron chi connectivity index (χ2n) is 3.65. The highest BCUT2D eigenvalue weighted by atomic mass is 79.9. The normalized spacial score (nSPS) is 13.8. The first-order chi connectivity index (χ1) is 7.33. The number of hydrogen-bond acceptors (Lipinski definition) is 0. The molecule has 15 heavy (non-hydrogen) atoms. The summed E-state index contributed by atoms with van der Waals surface area (Å²) in [5.74, 6) is 0. The van der Waals surface area contributed by atoms with Gasteiger partial charge in [-0.05, 0) is 37.5 Å². The average molecular weight is 270 g/mol. The summed E-state index contributed by atoms with van der Waals surface area (Å²) in [4.78, 5) is 0. The first kappa shape index (κ1) is 12.6. The summed E-state index contributed by atoms with van der Waals surface area (Å²) in [6.07, 6.45) is 10.3. The molecule has 0 amide bonds. The van der Waals surface area contributed by atoms with E-state index in [-0.39, 0.29) is 0 Å². The minimum Gasteiger partial charge on any atom is -0.348 e. The Morgan fingerprint density at radius 3 is 2.80 bits per heavy atom. The van der Waals surface area contributed by atoms with E-state index in [0.717, 1.165) is 18.3 Å². The number of nitrogens with zero attached hydrogens (tertiary/aromatic N) is 1. The zero-order chi connectivity index (χ0) is 11.1. The molecular weight excluding hydrogens is 250 g/mol. The van der Waals surface area contributed by atoms with Crippen LogP contribution in [-0.4, -0.2) is 9.90 Å². The lowest BCUT2D eigenvalue weighted by atomic mass is 10.3. The maximum absolute atomic E-state index is 3.47. The molecule has 0 spiro atoms. The molecule has 0 bridgehead atoms. The van der Waals surface area contributed by atoms with E-state index in [1.165, 1.54) is 23.4 Å². The van der Waals surface area contributed by atoms with E-state index >= 15 is 0 Å². The molecule has 1 heterocycles. The third kappa shape index (κ3) is 3.53. The second kappa shape index (κ2) is 6.89. The van der Waals surface area contributed by atoms with Crippen molar-refractivity contribution in [3.8, 4) is 0 Å². The van der Waals surface area contributed by atoms with Crippen molar-refractivity contribution in [1.82, 2.24) is 4.57 Å². The lowest BCUT2D eigenvalue weighted by Gasteiger charge is -2.02. The Morgan fingerprint density at radius 1 is 1.40 bits per heavy atom. The molecule has 1 nitrogen and oxygen atoms in total. The fourth-order valence-corrected chi connectivity index (χ4v) is 2.19. The molecule has 0 aromatic carbocycles. The van der Waals surface area contributed by atoms with Gasteiger partial charge in [-0.15, -0.1) is 0 Å². The summed E-state index contributed by atoms with van der Waals surface area (Å²) in [5, 5.41) is 3.85. The number of rotatable bonds is 5. The van der Waals surface area contributed by atoms with Gasteiger partial charge in [0.05, 0.1) is 0 Å². The van der Waals surface area contributed by atoms with Gasteiger partial charge in [0.2, 0.25) is 0 Å². The molecule has 0 saturated carbocycles. The molecule has 0 radical (unpaired) electrons. The topological polar surface area (TPSA) is 4.93 Å². The van der Waals surface area contributed by atoms with E-state index in [1.807, 2.05) is 0 Å². The van der Waals surface area contributed by atoms with Gasteiger partial charge in [0.15, 0.2) is 0 Å². The monoisotopic (exact) mass is 269 g/mol. The molecule has 1 rings (SSSR count). The zero-order valence-corrected chi connectivity index (χ0v) is 11.3. The molecule has 1 aromatic rings. The van der Waals surface area contributed by atoms with Crippen LogP contribution < -0.4 is 10.6 Å². The van der Waals surface area contributed by atoms with E-state index < -0.39 is 0 Å². The maximum atomic E-state index is 3.47. The molecule has 0 N–H and O–H groups in total. The second-order valence-corrected chi connectivity index (χ2v) is 4.44. The molecule has 0 unspecified atom stereocenters. The van der Waals surface area contributed by atoms with Crippen molar-refractivity contribution in [2.45, 2.75) is 39.7 Å². The van der Waals surface area contributed by atoms with Crippen LogP contribution in [0.4, 0.5) is 0 Å². The quantitative estimate of drug-likeness (QED) is 0.572. The van der Waals surface area contributed by atoms with Crippen LogP contribution in [0, 0.1) is 0 Å². The summed E-state index contributed by atoms with van der Waals surface area (Å²) in [5.41, 5.74) is 0. The highest BCUT2D eigenvalue weighted by Gasteiger charge is 1.94. The van der Waals surface area contributed by atoms with Gasteiger partial charge >= 0.3 is 0 Å². The third-order valence-corrected chi connectivity index (χ3v) is 3.08. The first-order valence-corrected chi connectivity index (χ1v) is 6.83. The predicted octanol–water partition coefficient (Wildman–Crippen LogP) is 2.65. The van der Waals surface area contributed by atoms with Gasteiger partial charge < -0.3 is 4.57 Å².